The number of methoxy groups -OCH3 is 1. The van der Waals surface area contributed by atoms with Crippen molar-refractivity contribution in [3.8, 4) is 11.5 Å². The zero-order valence-corrected chi connectivity index (χ0v) is 12.2. The zero-order valence-electron chi connectivity index (χ0n) is 11.4. The molecule has 0 saturated carbocycles. The standard InChI is InChI=1S/C13H16N4O2S/c1-3-6-19-11-5-4-10(7-12(11)18-2)8-15-17-9-14-16-13(17)20/h4-5,7-9H,3,6H2,1-2H3,(H,16,20)/b15-8+. The highest BCUT2D eigenvalue weighted by Gasteiger charge is 2.04. The van der Waals surface area contributed by atoms with Crippen molar-refractivity contribution in [2.24, 2.45) is 5.10 Å². The molecule has 106 valence electrons. The van der Waals surface area contributed by atoms with E-state index < -0.39 is 0 Å². The van der Waals surface area contributed by atoms with Gasteiger partial charge in [-0.05, 0) is 42.4 Å². The predicted molar refractivity (Wildman–Crippen MR) is 79.2 cm³/mol. The van der Waals surface area contributed by atoms with E-state index in [4.69, 9.17) is 21.7 Å². The van der Waals surface area contributed by atoms with Crippen LogP contribution in [0, 0.1) is 4.77 Å². The summed E-state index contributed by atoms with van der Waals surface area (Å²) in [5, 5.41) is 10.6. The van der Waals surface area contributed by atoms with E-state index in [9.17, 15) is 0 Å². The molecule has 1 heterocycles. The Hall–Kier alpha value is -2.15. The molecule has 1 aromatic heterocycles. The third kappa shape index (κ3) is 3.45. The van der Waals surface area contributed by atoms with Gasteiger partial charge in [-0.2, -0.15) is 14.9 Å². The van der Waals surface area contributed by atoms with Crippen molar-refractivity contribution in [2.45, 2.75) is 13.3 Å². The van der Waals surface area contributed by atoms with E-state index in [2.05, 4.69) is 22.2 Å². The average Bonchev–Trinajstić information content (AvgIpc) is 2.88. The molecule has 1 aromatic carbocycles. The largest absolute Gasteiger partial charge is 0.493 e. The molecule has 0 aliphatic carbocycles. The van der Waals surface area contributed by atoms with Gasteiger partial charge in [0.2, 0.25) is 4.77 Å². The van der Waals surface area contributed by atoms with Crippen LogP contribution in [-0.4, -0.2) is 34.8 Å². The molecule has 0 atom stereocenters. The lowest BCUT2D eigenvalue weighted by atomic mass is 10.2. The van der Waals surface area contributed by atoms with Crippen LogP contribution in [0.3, 0.4) is 0 Å². The van der Waals surface area contributed by atoms with Crippen LogP contribution in [0.5, 0.6) is 11.5 Å². The van der Waals surface area contributed by atoms with Gasteiger partial charge >= 0.3 is 0 Å². The molecule has 2 rings (SSSR count). The van der Waals surface area contributed by atoms with Crippen LogP contribution in [0.2, 0.25) is 0 Å². The number of H-pyrrole nitrogens is 1. The van der Waals surface area contributed by atoms with Crippen LogP contribution >= 0.6 is 12.2 Å². The Morgan fingerprint density at radius 2 is 2.30 bits per heavy atom. The average molecular weight is 292 g/mol. The highest BCUT2D eigenvalue weighted by atomic mass is 32.1. The maximum absolute atomic E-state index is 5.60. The maximum Gasteiger partial charge on any atom is 0.216 e. The molecule has 20 heavy (non-hydrogen) atoms. The van der Waals surface area contributed by atoms with E-state index in [1.165, 1.54) is 11.0 Å². The monoisotopic (exact) mass is 292 g/mol. The number of aromatic nitrogens is 3. The van der Waals surface area contributed by atoms with Gasteiger partial charge in [0.15, 0.2) is 11.5 Å². The zero-order chi connectivity index (χ0) is 14.4. The number of rotatable bonds is 6. The molecule has 2 aromatic rings. The van der Waals surface area contributed by atoms with E-state index in [-0.39, 0.29) is 0 Å². The maximum atomic E-state index is 5.60. The SMILES string of the molecule is CCCOc1ccc(/C=N/n2cn[nH]c2=S)cc1OC. The summed E-state index contributed by atoms with van der Waals surface area (Å²) in [6, 6.07) is 5.63. The van der Waals surface area contributed by atoms with Crippen molar-refractivity contribution in [3.63, 3.8) is 0 Å². The Balaban J connectivity index is 2.19. The van der Waals surface area contributed by atoms with Gasteiger partial charge < -0.3 is 9.47 Å². The number of benzene rings is 1. The van der Waals surface area contributed by atoms with Crippen molar-refractivity contribution in [3.05, 3.63) is 34.9 Å². The number of hydrogen-bond acceptors (Lipinski definition) is 5. The van der Waals surface area contributed by atoms with E-state index >= 15 is 0 Å². The third-order valence-electron chi connectivity index (χ3n) is 2.52. The fraction of sp³-hybridized carbons (Fsp3) is 0.308. The second kappa shape index (κ2) is 6.85. The van der Waals surface area contributed by atoms with E-state index in [1.54, 1.807) is 13.3 Å². The Morgan fingerprint density at radius 1 is 1.45 bits per heavy atom. The minimum Gasteiger partial charge on any atom is -0.493 e. The van der Waals surface area contributed by atoms with Gasteiger partial charge in [0, 0.05) is 0 Å². The molecule has 0 saturated heterocycles. The van der Waals surface area contributed by atoms with Crippen molar-refractivity contribution in [2.75, 3.05) is 13.7 Å². The molecule has 0 unspecified atom stereocenters. The molecule has 7 heteroatoms. The summed E-state index contributed by atoms with van der Waals surface area (Å²) >= 11 is 5.00. The number of nitrogens with one attached hydrogen (secondary N) is 1. The third-order valence-corrected chi connectivity index (χ3v) is 2.79. The van der Waals surface area contributed by atoms with Crippen LogP contribution in [0.1, 0.15) is 18.9 Å². The van der Waals surface area contributed by atoms with Gasteiger partial charge in [0.25, 0.3) is 0 Å². The molecule has 6 nitrogen and oxygen atoms in total. The molecule has 1 N–H and O–H groups in total. The van der Waals surface area contributed by atoms with Crippen LogP contribution in [0.4, 0.5) is 0 Å². The first-order valence-corrected chi connectivity index (χ1v) is 6.62. The number of nitrogens with zero attached hydrogens (tertiary/aromatic N) is 3. The van der Waals surface area contributed by atoms with Crippen molar-refractivity contribution >= 4 is 18.4 Å². The molecule has 0 bridgehead atoms. The molecule has 0 aliphatic rings. The Morgan fingerprint density at radius 3 is 2.95 bits per heavy atom. The fourth-order valence-corrected chi connectivity index (χ4v) is 1.70. The highest BCUT2D eigenvalue weighted by molar-refractivity contribution is 7.71. The first-order chi connectivity index (χ1) is 9.74. The minimum absolute atomic E-state index is 0.441. The fourth-order valence-electron chi connectivity index (χ4n) is 1.55. The summed E-state index contributed by atoms with van der Waals surface area (Å²) in [4.78, 5) is 0. The minimum atomic E-state index is 0.441. The van der Waals surface area contributed by atoms with E-state index in [1.807, 2.05) is 18.2 Å². The molecule has 0 aliphatic heterocycles. The predicted octanol–water partition coefficient (Wildman–Crippen LogP) is 2.62. The Kier molecular flexibility index (Phi) is 4.89. The number of aromatic amines is 1. The smallest absolute Gasteiger partial charge is 0.216 e. The van der Waals surface area contributed by atoms with Crippen LogP contribution in [-0.2, 0) is 0 Å². The summed E-state index contributed by atoms with van der Waals surface area (Å²) in [6.07, 6.45) is 4.14. The summed E-state index contributed by atoms with van der Waals surface area (Å²) < 4.78 is 12.8. The van der Waals surface area contributed by atoms with Crippen LogP contribution in [0.25, 0.3) is 0 Å². The topological polar surface area (TPSA) is 64.4 Å². The molecule has 0 amide bonds. The second-order valence-electron chi connectivity index (χ2n) is 4.01. The van der Waals surface area contributed by atoms with E-state index in [0.717, 1.165) is 17.7 Å². The number of hydrogen-bond donors (Lipinski definition) is 1. The van der Waals surface area contributed by atoms with Crippen molar-refractivity contribution < 1.29 is 9.47 Å². The lowest BCUT2D eigenvalue weighted by Gasteiger charge is -2.10. The molecule has 0 fully saturated rings. The summed E-state index contributed by atoms with van der Waals surface area (Å²) in [7, 11) is 1.61. The molecular formula is C13H16N4O2S. The molecule has 0 radical (unpaired) electrons. The summed E-state index contributed by atoms with van der Waals surface area (Å²) in [6.45, 7) is 2.72. The van der Waals surface area contributed by atoms with Crippen molar-refractivity contribution in [1.82, 2.24) is 14.9 Å². The Labute approximate surface area is 122 Å². The van der Waals surface area contributed by atoms with Gasteiger partial charge in [-0.15, -0.1) is 0 Å². The van der Waals surface area contributed by atoms with Gasteiger partial charge in [0.1, 0.15) is 6.33 Å². The normalized spacial score (nSPS) is 10.9. The molecule has 0 spiro atoms. The van der Waals surface area contributed by atoms with Gasteiger partial charge in [0.05, 0.1) is 19.9 Å². The van der Waals surface area contributed by atoms with Crippen LogP contribution < -0.4 is 9.47 Å². The summed E-state index contributed by atoms with van der Waals surface area (Å²) in [5.41, 5.74) is 0.883. The lowest BCUT2D eigenvalue weighted by Crippen LogP contribution is -1.98. The first-order valence-electron chi connectivity index (χ1n) is 6.21. The van der Waals surface area contributed by atoms with Crippen LogP contribution in [0.15, 0.2) is 29.6 Å². The quantitative estimate of drug-likeness (QED) is 0.656. The Bertz CT molecular complexity index is 648. The van der Waals surface area contributed by atoms with Crippen molar-refractivity contribution in [1.29, 1.82) is 0 Å². The number of ether oxygens (including phenoxy) is 2. The highest BCUT2D eigenvalue weighted by Crippen LogP contribution is 2.27. The lowest BCUT2D eigenvalue weighted by molar-refractivity contribution is 0.294. The van der Waals surface area contributed by atoms with Gasteiger partial charge in [-0.3, -0.25) is 5.10 Å². The summed E-state index contributed by atoms with van der Waals surface area (Å²) in [5.74, 6) is 1.41. The van der Waals surface area contributed by atoms with Gasteiger partial charge in [-0.25, -0.2) is 0 Å². The van der Waals surface area contributed by atoms with E-state index in [0.29, 0.717) is 17.1 Å². The van der Waals surface area contributed by atoms with Gasteiger partial charge in [-0.1, -0.05) is 6.92 Å². The molecular weight excluding hydrogens is 276 g/mol. The first kappa shape index (κ1) is 14.3. The second-order valence-corrected chi connectivity index (χ2v) is 4.40.